The van der Waals surface area contributed by atoms with Gasteiger partial charge in [0.25, 0.3) is 5.56 Å². The van der Waals surface area contributed by atoms with Gasteiger partial charge < -0.3 is 4.57 Å². The van der Waals surface area contributed by atoms with Crippen molar-refractivity contribution in [2.75, 3.05) is 0 Å². The number of benzene rings is 1. The molecule has 1 aliphatic rings. The van der Waals surface area contributed by atoms with Crippen LogP contribution in [-0.4, -0.2) is 16.4 Å². The summed E-state index contributed by atoms with van der Waals surface area (Å²) in [5, 5.41) is 3.76. The predicted molar refractivity (Wildman–Crippen MR) is 85.7 cm³/mol. The number of piperidine rings is 1. The molecule has 2 amide bonds. The Balaban J connectivity index is 0.000000847. The maximum Gasteiger partial charge on any atom is 0.259 e. The molecule has 2 aromatic rings. The molecule has 116 valence electrons. The Morgan fingerprint density at radius 2 is 1.82 bits per heavy atom. The standard InChI is InChI=1S/C15H14N2O3.C2H6/c1-9-3-2-4-11-10(9)7-8-17(15(11)20)12-5-6-13(18)16-14(12)19;1-2/h2-4,7-8,12H,5-6H2,1H3,(H,16,18,19);1-2H3. The molecular weight excluding hydrogens is 280 g/mol. The number of aromatic nitrogens is 1. The van der Waals surface area contributed by atoms with E-state index in [4.69, 9.17) is 0 Å². The van der Waals surface area contributed by atoms with E-state index in [9.17, 15) is 14.4 Å². The van der Waals surface area contributed by atoms with Gasteiger partial charge in [0.15, 0.2) is 0 Å². The highest BCUT2D eigenvalue weighted by Gasteiger charge is 2.28. The van der Waals surface area contributed by atoms with Crippen LogP contribution >= 0.6 is 0 Å². The topological polar surface area (TPSA) is 68.2 Å². The lowest BCUT2D eigenvalue weighted by Crippen LogP contribution is -2.44. The van der Waals surface area contributed by atoms with E-state index in [1.54, 1.807) is 12.3 Å². The van der Waals surface area contributed by atoms with Crippen LogP contribution in [0.4, 0.5) is 0 Å². The summed E-state index contributed by atoms with van der Waals surface area (Å²) in [7, 11) is 0. The first-order valence-corrected chi connectivity index (χ1v) is 7.52. The van der Waals surface area contributed by atoms with Crippen molar-refractivity contribution in [2.24, 2.45) is 0 Å². The van der Waals surface area contributed by atoms with Crippen LogP contribution in [0, 0.1) is 6.92 Å². The monoisotopic (exact) mass is 300 g/mol. The minimum Gasteiger partial charge on any atom is -0.302 e. The third kappa shape index (κ3) is 2.79. The molecular formula is C17H20N2O3. The van der Waals surface area contributed by atoms with Gasteiger partial charge in [-0.15, -0.1) is 0 Å². The molecule has 3 rings (SSSR count). The molecule has 0 spiro atoms. The van der Waals surface area contributed by atoms with E-state index in [1.807, 2.05) is 39.0 Å². The van der Waals surface area contributed by atoms with Crippen LogP contribution in [-0.2, 0) is 9.59 Å². The summed E-state index contributed by atoms with van der Waals surface area (Å²) in [5.41, 5.74) is 0.829. The lowest BCUT2D eigenvalue weighted by Gasteiger charge is -2.23. The lowest BCUT2D eigenvalue weighted by molar-refractivity contribution is -0.135. The predicted octanol–water partition coefficient (Wildman–Crippen LogP) is 2.31. The van der Waals surface area contributed by atoms with Gasteiger partial charge in [-0.3, -0.25) is 19.7 Å². The second-order valence-corrected chi connectivity index (χ2v) is 5.03. The average Bonchev–Trinajstić information content (AvgIpc) is 2.51. The van der Waals surface area contributed by atoms with Gasteiger partial charge in [0.2, 0.25) is 11.8 Å². The molecule has 0 saturated carbocycles. The van der Waals surface area contributed by atoms with Crippen LogP contribution in [0.25, 0.3) is 10.8 Å². The second-order valence-electron chi connectivity index (χ2n) is 5.03. The molecule has 1 aromatic carbocycles. The van der Waals surface area contributed by atoms with Crippen molar-refractivity contribution in [1.29, 1.82) is 0 Å². The molecule has 22 heavy (non-hydrogen) atoms. The van der Waals surface area contributed by atoms with Gasteiger partial charge in [-0.1, -0.05) is 26.0 Å². The Morgan fingerprint density at radius 1 is 1.09 bits per heavy atom. The molecule has 1 unspecified atom stereocenters. The first kappa shape index (κ1) is 15.9. The van der Waals surface area contributed by atoms with E-state index in [0.717, 1.165) is 10.9 Å². The first-order valence-electron chi connectivity index (χ1n) is 7.52. The first-order chi connectivity index (χ1) is 10.6. The van der Waals surface area contributed by atoms with Crippen molar-refractivity contribution < 1.29 is 9.59 Å². The summed E-state index contributed by atoms with van der Waals surface area (Å²) in [6, 6.07) is 6.76. The zero-order valence-corrected chi connectivity index (χ0v) is 13.1. The zero-order chi connectivity index (χ0) is 16.3. The number of aryl methyl sites for hydroxylation is 1. The van der Waals surface area contributed by atoms with Crippen LogP contribution in [0.5, 0.6) is 0 Å². The number of amides is 2. The van der Waals surface area contributed by atoms with Crippen LogP contribution in [0.2, 0.25) is 0 Å². The van der Waals surface area contributed by atoms with E-state index in [0.29, 0.717) is 11.8 Å². The molecule has 1 aliphatic heterocycles. The van der Waals surface area contributed by atoms with E-state index in [2.05, 4.69) is 5.32 Å². The molecule has 0 aliphatic carbocycles. The number of pyridine rings is 1. The summed E-state index contributed by atoms with van der Waals surface area (Å²) in [4.78, 5) is 35.5. The van der Waals surface area contributed by atoms with Gasteiger partial charge in [-0.25, -0.2) is 0 Å². The third-order valence-corrected chi connectivity index (χ3v) is 3.74. The van der Waals surface area contributed by atoms with Crippen molar-refractivity contribution in [1.82, 2.24) is 9.88 Å². The average molecular weight is 300 g/mol. The Hall–Kier alpha value is -2.43. The number of imide groups is 1. The summed E-state index contributed by atoms with van der Waals surface area (Å²) >= 11 is 0. The zero-order valence-electron chi connectivity index (χ0n) is 13.1. The normalized spacial score (nSPS) is 17.7. The number of nitrogens with zero attached hydrogens (tertiary/aromatic N) is 1. The van der Waals surface area contributed by atoms with Gasteiger partial charge in [-0.05, 0) is 36.4 Å². The van der Waals surface area contributed by atoms with Crippen LogP contribution < -0.4 is 10.9 Å². The molecule has 5 heteroatoms. The molecule has 0 radical (unpaired) electrons. The molecule has 5 nitrogen and oxygen atoms in total. The summed E-state index contributed by atoms with van der Waals surface area (Å²) in [6.07, 6.45) is 2.26. The van der Waals surface area contributed by atoms with E-state index in [-0.39, 0.29) is 17.9 Å². The fourth-order valence-corrected chi connectivity index (χ4v) is 2.64. The highest BCUT2D eigenvalue weighted by Crippen LogP contribution is 2.20. The number of hydrogen-bond acceptors (Lipinski definition) is 3. The highest BCUT2D eigenvalue weighted by atomic mass is 16.2. The number of hydrogen-bond donors (Lipinski definition) is 1. The summed E-state index contributed by atoms with van der Waals surface area (Å²) in [5.74, 6) is -0.689. The quantitative estimate of drug-likeness (QED) is 0.822. The number of rotatable bonds is 1. The summed E-state index contributed by atoms with van der Waals surface area (Å²) < 4.78 is 1.42. The number of fused-ring (bicyclic) bond motifs is 1. The van der Waals surface area contributed by atoms with Crippen molar-refractivity contribution >= 4 is 22.6 Å². The molecule has 0 bridgehead atoms. The Kier molecular flexibility index (Phi) is 4.75. The molecule has 1 aromatic heterocycles. The molecule has 1 atom stereocenters. The van der Waals surface area contributed by atoms with Gasteiger partial charge in [-0.2, -0.15) is 0 Å². The Labute approximate surface area is 128 Å². The highest BCUT2D eigenvalue weighted by molar-refractivity contribution is 5.99. The SMILES string of the molecule is CC.Cc1cccc2c(=O)n(C3CCC(=O)NC3=O)ccc12. The molecule has 1 N–H and O–H groups in total. The van der Waals surface area contributed by atoms with Crippen LogP contribution in [0.15, 0.2) is 35.3 Å². The third-order valence-electron chi connectivity index (χ3n) is 3.74. The van der Waals surface area contributed by atoms with Gasteiger partial charge in [0.05, 0.1) is 0 Å². The van der Waals surface area contributed by atoms with Gasteiger partial charge in [0, 0.05) is 18.0 Å². The van der Waals surface area contributed by atoms with Gasteiger partial charge in [0.1, 0.15) is 6.04 Å². The van der Waals surface area contributed by atoms with Crippen molar-refractivity contribution in [2.45, 2.75) is 39.7 Å². The molecule has 2 heterocycles. The molecule has 1 fully saturated rings. The van der Waals surface area contributed by atoms with E-state index >= 15 is 0 Å². The number of nitrogens with one attached hydrogen (secondary N) is 1. The minimum absolute atomic E-state index is 0.194. The Morgan fingerprint density at radius 3 is 2.50 bits per heavy atom. The largest absolute Gasteiger partial charge is 0.302 e. The van der Waals surface area contributed by atoms with Crippen molar-refractivity contribution in [3.8, 4) is 0 Å². The van der Waals surface area contributed by atoms with Crippen LogP contribution in [0.3, 0.4) is 0 Å². The fourth-order valence-electron chi connectivity index (χ4n) is 2.64. The lowest BCUT2D eigenvalue weighted by atomic mass is 10.0. The second kappa shape index (κ2) is 6.56. The summed E-state index contributed by atoms with van der Waals surface area (Å²) in [6.45, 7) is 5.94. The fraction of sp³-hybridized carbons (Fsp3) is 0.353. The number of carbonyl (C=O) groups is 2. The smallest absolute Gasteiger partial charge is 0.259 e. The minimum atomic E-state index is -0.606. The number of carbonyl (C=O) groups excluding carboxylic acids is 2. The Bertz CT molecular complexity index is 777. The van der Waals surface area contributed by atoms with Crippen LogP contribution in [0.1, 0.15) is 38.3 Å². The van der Waals surface area contributed by atoms with Gasteiger partial charge >= 0.3 is 0 Å². The van der Waals surface area contributed by atoms with E-state index < -0.39 is 11.9 Å². The molecule has 1 saturated heterocycles. The van der Waals surface area contributed by atoms with E-state index in [1.165, 1.54) is 4.57 Å². The maximum absolute atomic E-state index is 12.5. The van der Waals surface area contributed by atoms with Crippen molar-refractivity contribution in [3.63, 3.8) is 0 Å². The van der Waals surface area contributed by atoms with Crippen molar-refractivity contribution in [3.05, 3.63) is 46.4 Å². The maximum atomic E-state index is 12.5.